The average molecular weight is 401 g/mol. The second-order valence-electron chi connectivity index (χ2n) is 6.14. The van der Waals surface area contributed by atoms with Gasteiger partial charge in [-0.2, -0.15) is 0 Å². The Morgan fingerprint density at radius 1 is 0.862 bits per heavy atom. The monoisotopic (exact) mass is 401 g/mol. The summed E-state index contributed by atoms with van der Waals surface area (Å²) >= 11 is 0. The van der Waals surface area contributed by atoms with Crippen molar-refractivity contribution in [3.8, 4) is 28.7 Å². The number of nitrogens with zero attached hydrogens (tertiary/aromatic N) is 1. The Labute approximate surface area is 171 Å². The van der Waals surface area contributed by atoms with Crippen LogP contribution in [0.15, 0.2) is 36.4 Å². The molecular formula is C22H27NO6. The zero-order chi connectivity index (χ0) is 21.4. The Hall–Kier alpha value is -3.35. The van der Waals surface area contributed by atoms with Gasteiger partial charge in [-0.05, 0) is 29.8 Å². The van der Waals surface area contributed by atoms with Gasteiger partial charge in [-0.3, -0.25) is 4.79 Å². The number of rotatable bonds is 9. The molecule has 0 heterocycles. The first-order chi connectivity index (χ1) is 14.0. The fourth-order valence-corrected chi connectivity index (χ4v) is 2.90. The van der Waals surface area contributed by atoms with Gasteiger partial charge in [-0.25, -0.2) is 0 Å². The SMILES string of the molecule is COc1cccc(CN(C)C(=O)/C=C/c2cc(OC)c(OC)c(OC)c2)c1OC. The highest BCUT2D eigenvalue weighted by atomic mass is 16.5. The molecule has 0 unspecified atom stereocenters. The fraction of sp³-hybridized carbons (Fsp3) is 0.318. The summed E-state index contributed by atoms with van der Waals surface area (Å²) in [4.78, 5) is 14.2. The summed E-state index contributed by atoms with van der Waals surface area (Å²) in [5.41, 5.74) is 1.60. The summed E-state index contributed by atoms with van der Waals surface area (Å²) in [6.45, 7) is 0.374. The molecule has 29 heavy (non-hydrogen) atoms. The summed E-state index contributed by atoms with van der Waals surface area (Å²) in [6, 6.07) is 9.12. The van der Waals surface area contributed by atoms with Crippen molar-refractivity contribution in [2.24, 2.45) is 0 Å². The van der Waals surface area contributed by atoms with Crippen molar-refractivity contribution in [1.29, 1.82) is 0 Å². The molecular weight excluding hydrogens is 374 g/mol. The number of ether oxygens (including phenoxy) is 5. The lowest BCUT2D eigenvalue weighted by Gasteiger charge is -2.18. The van der Waals surface area contributed by atoms with E-state index in [-0.39, 0.29) is 5.91 Å². The van der Waals surface area contributed by atoms with E-state index in [1.54, 1.807) is 65.7 Å². The smallest absolute Gasteiger partial charge is 0.246 e. The van der Waals surface area contributed by atoms with Crippen LogP contribution in [0.5, 0.6) is 28.7 Å². The predicted octanol–water partition coefficient (Wildman–Crippen LogP) is 3.40. The number of benzene rings is 2. The number of likely N-dealkylation sites (N-methyl/N-ethyl adjacent to an activating group) is 1. The van der Waals surface area contributed by atoms with Gasteiger partial charge in [0, 0.05) is 25.2 Å². The lowest BCUT2D eigenvalue weighted by Crippen LogP contribution is -2.24. The number of carbonyl (C=O) groups is 1. The van der Waals surface area contributed by atoms with Crippen molar-refractivity contribution in [2.75, 3.05) is 42.6 Å². The van der Waals surface area contributed by atoms with Crippen LogP contribution in [0.4, 0.5) is 0 Å². The lowest BCUT2D eigenvalue weighted by atomic mass is 10.1. The Morgan fingerprint density at radius 2 is 1.45 bits per heavy atom. The summed E-state index contributed by atoms with van der Waals surface area (Å²) < 4.78 is 26.7. The molecule has 0 spiro atoms. The molecule has 7 heteroatoms. The summed E-state index contributed by atoms with van der Waals surface area (Å²) in [7, 11) is 9.52. The van der Waals surface area contributed by atoms with Crippen LogP contribution in [0.25, 0.3) is 6.08 Å². The van der Waals surface area contributed by atoms with Crippen molar-refractivity contribution >= 4 is 12.0 Å². The van der Waals surface area contributed by atoms with Crippen LogP contribution in [0.2, 0.25) is 0 Å². The van der Waals surface area contributed by atoms with Gasteiger partial charge in [-0.1, -0.05) is 12.1 Å². The van der Waals surface area contributed by atoms with Gasteiger partial charge >= 0.3 is 0 Å². The zero-order valence-corrected chi connectivity index (χ0v) is 17.6. The van der Waals surface area contributed by atoms with Crippen LogP contribution in [0.1, 0.15) is 11.1 Å². The Bertz CT molecular complexity index is 853. The molecule has 0 fully saturated rings. The summed E-state index contributed by atoms with van der Waals surface area (Å²) in [5.74, 6) is 2.62. The first-order valence-electron chi connectivity index (χ1n) is 8.92. The standard InChI is InChI=1S/C22H27NO6/c1-23(14-16-8-7-9-17(25-2)21(16)28-5)20(24)11-10-15-12-18(26-3)22(29-6)19(13-15)27-4/h7-13H,14H2,1-6H3/b11-10+. The summed E-state index contributed by atoms with van der Waals surface area (Å²) in [6.07, 6.45) is 3.19. The van der Waals surface area contributed by atoms with Gasteiger partial charge in [0.1, 0.15) is 0 Å². The maximum Gasteiger partial charge on any atom is 0.246 e. The van der Waals surface area contributed by atoms with Crippen molar-refractivity contribution in [3.05, 3.63) is 47.5 Å². The minimum atomic E-state index is -0.163. The minimum Gasteiger partial charge on any atom is -0.493 e. The summed E-state index contributed by atoms with van der Waals surface area (Å²) in [5, 5.41) is 0. The normalized spacial score (nSPS) is 10.6. The fourth-order valence-electron chi connectivity index (χ4n) is 2.90. The van der Waals surface area contributed by atoms with E-state index >= 15 is 0 Å². The third kappa shape index (κ3) is 5.13. The molecule has 0 N–H and O–H groups in total. The Kier molecular flexibility index (Phi) is 7.77. The molecule has 2 aromatic carbocycles. The first-order valence-corrected chi connectivity index (χ1v) is 8.92. The molecule has 2 aromatic rings. The maximum atomic E-state index is 12.6. The van der Waals surface area contributed by atoms with E-state index in [1.807, 2.05) is 18.2 Å². The average Bonchev–Trinajstić information content (AvgIpc) is 2.75. The zero-order valence-electron chi connectivity index (χ0n) is 17.6. The van der Waals surface area contributed by atoms with Gasteiger partial charge in [0.2, 0.25) is 11.7 Å². The van der Waals surface area contributed by atoms with Crippen LogP contribution in [-0.4, -0.2) is 53.4 Å². The third-order valence-electron chi connectivity index (χ3n) is 4.37. The maximum absolute atomic E-state index is 12.6. The predicted molar refractivity (Wildman–Crippen MR) is 111 cm³/mol. The number of hydrogen-bond donors (Lipinski definition) is 0. The largest absolute Gasteiger partial charge is 0.493 e. The number of para-hydroxylation sites is 1. The molecule has 0 saturated heterocycles. The van der Waals surface area contributed by atoms with Gasteiger partial charge in [0.15, 0.2) is 23.0 Å². The molecule has 0 aliphatic carbocycles. The quantitative estimate of drug-likeness (QED) is 0.600. The van der Waals surface area contributed by atoms with Gasteiger partial charge < -0.3 is 28.6 Å². The molecule has 2 rings (SSSR count). The topological polar surface area (TPSA) is 66.5 Å². The van der Waals surface area contributed by atoms with E-state index in [4.69, 9.17) is 23.7 Å². The van der Waals surface area contributed by atoms with Crippen molar-refractivity contribution in [3.63, 3.8) is 0 Å². The number of amides is 1. The van der Waals surface area contributed by atoms with E-state index in [0.29, 0.717) is 35.3 Å². The van der Waals surface area contributed by atoms with Crippen LogP contribution < -0.4 is 23.7 Å². The van der Waals surface area contributed by atoms with Crippen LogP contribution in [0.3, 0.4) is 0 Å². The van der Waals surface area contributed by atoms with E-state index in [9.17, 15) is 4.79 Å². The lowest BCUT2D eigenvalue weighted by molar-refractivity contribution is -0.125. The molecule has 0 aliphatic heterocycles. The second-order valence-corrected chi connectivity index (χ2v) is 6.14. The van der Waals surface area contributed by atoms with Gasteiger partial charge in [0.05, 0.1) is 35.5 Å². The molecule has 1 amide bonds. The molecule has 0 saturated carbocycles. The van der Waals surface area contributed by atoms with E-state index < -0.39 is 0 Å². The highest BCUT2D eigenvalue weighted by Gasteiger charge is 2.15. The minimum absolute atomic E-state index is 0.163. The van der Waals surface area contributed by atoms with Crippen molar-refractivity contribution in [1.82, 2.24) is 4.90 Å². The van der Waals surface area contributed by atoms with Gasteiger partial charge in [-0.15, -0.1) is 0 Å². The second kappa shape index (κ2) is 10.3. The van der Waals surface area contributed by atoms with E-state index in [2.05, 4.69) is 0 Å². The number of methoxy groups -OCH3 is 5. The van der Waals surface area contributed by atoms with Crippen LogP contribution >= 0.6 is 0 Å². The molecule has 0 aliphatic rings. The Balaban J connectivity index is 2.19. The number of carbonyl (C=O) groups excluding carboxylic acids is 1. The van der Waals surface area contributed by atoms with E-state index in [0.717, 1.165) is 11.1 Å². The molecule has 0 bridgehead atoms. The molecule has 156 valence electrons. The van der Waals surface area contributed by atoms with Crippen LogP contribution in [-0.2, 0) is 11.3 Å². The molecule has 0 atom stereocenters. The van der Waals surface area contributed by atoms with Crippen molar-refractivity contribution < 1.29 is 28.5 Å². The first kappa shape index (κ1) is 21.9. The highest BCUT2D eigenvalue weighted by molar-refractivity contribution is 5.91. The van der Waals surface area contributed by atoms with E-state index in [1.165, 1.54) is 6.08 Å². The molecule has 7 nitrogen and oxygen atoms in total. The third-order valence-corrected chi connectivity index (χ3v) is 4.37. The molecule has 0 aromatic heterocycles. The Morgan fingerprint density at radius 3 is 1.97 bits per heavy atom. The van der Waals surface area contributed by atoms with Crippen molar-refractivity contribution in [2.45, 2.75) is 6.54 Å². The van der Waals surface area contributed by atoms with Gasteiger partial charge in [0.25, 0.3) is 0 Å². The number of hydrogen-bond acceptors (Lipinski definition) is 6. The highest BCUT2D eigenvalue weighted by Crippen LogP contribution is 2.38. The van der Waals surface area contributed by atoms with Crippen LogP contribution in [0, 0.1) is 0 Å². The molecule has 0 radical (unpaired) electrons.